The highest BCUT2D eigenvalue weighted by molar-refractivity contribution is 5.81. The zero-order chi connectivity index (χ0) is 14.9. The minimum absolute atomic E-state index is 0.204. The van der Waals surface area contributed by atoms with Gasteiger partial charge in [-0.2, -0.15) is 0 Å². The average molecular weight is 280 g/mol. The van der Waals surface area contributed by atoms with Gasteiger partial charge >= 0.3 is 5.97 Å². The van der Waals surface area contributed by atoms with Crippen LogP contribution in [0.4, 0.5) is 0 Å². The number of ether oxygens (including phenoxy) is 1. The van der Waals surface area contributed by atoms with Crippen LogP contribution in [0.3, 0.4) is 0 Å². The fraction of sp³-hybridized carbons (Fsp3) is 0.211. The Kier molecular flexibility index (Phi) is 5.77. The van der Waals surface area contributed by atoms with Crippen LogP contribution in [0, 0.1) is 0 Å². The first-order valence-electron chi connectivity index (χ1n) is 7.17. The van der Waals surface area contributed by atoms with E-state index in [1.54, 1.807) is 0 Å². The molecule has 2 aromatic carbocycles. The molecule has 2 rings (SSSR count). The summed E-state index contributed by atoms with van der Waals surface area (Å²) < 4.78 is 5.24. The zero-order valence-electron chi connectivity index (χ0n) is 12.1. The summed E-state index contributed by atoms with van der Waals surface area (Å²) in [5.41, 5.74) is 2.50. The van der Waals surface area contributed by atoms with Gasteiger partial charge in [0, 0.05) is 12.0 Å². The summed E-state index contributed by atoms with van der Waals surface area (Å²) in [5.74, 6) is -0.161. The van der Waals surface area contributed by atoms with E-state index in [9.17, 15) is 4.79 Å². The molecule has 0 fully saturated rings. The van der Waals surface area contributed by atoms with Crippen LogP contribution in [0.5, 0.6) is 0 Å². The van der Waals surface area contributed by atoms with Gasteiger partial charge in [-0.25, -0.2) is 4.79 Å². The van der Waals surface area contributed by atoms with Crippen molar-refractivity contribution in [2.75, 3.05) is 6.61 Å². The van der Waals surface area contributed by atoms with Crippen LogP contribution in [0.15, 0.2) is 73.3 Å². The van der Waals surface area contributed by atoms with Gasteiger partial charge < -0.3 is 4.74 Å². The average Bonchev–Trinajstić information content (AvgIpc) is 2.56. The Morgan fingerprint density at radius 2 is 1.67 bits per heavy atom. The molecule has 0 aromatic heterocycles. The zero-order valence-corrected chi connectivity index (χ0v) is 12.1. The molecular formula is C19H20O2. The molecule has 0 bridgehead atoms. The smallest absolute Gasteiger partial charge is 0.330 e. The number of hydrogen-bond acceptors (Lipinski definition) is 2. The van der Waals surface area contributed by atoms with Gasteiger partial charge in [-0.05, 0) is 24.0 Å². The molecule has 0 radical (unpaired) electrons. The van der Waals surface area contributed by atoms with Gasteiger partial charge in [0.15, 0.2) is 0 Å². The molecular weight excluding hydrogens is 260 g/mol. The third-order valence-corrected chi connectivity index (χ3v) is 3.49. The van der Waals surface area contributed by atoms with E-state index in [0.717, 1.165) is 12.8 Å². The van der Waals surface area contributed by atoms with Gasteiger partial charge in [0.1, 0.15) is 0 Å². The van der Waals surface area contributed by atoms with Crippen molar-refractivity contribution in [3.05, 3.63) is 84.4 Å². The fourth-order valence-electron chi connectivity index (χ4n) is 2.30. The molecule has 2 nitrogen and oxygen atoms in total. The van der Waals surface area contributed by atoms with Crippen LogP contribution < -0.4 is 0 Å². The Bertz CT molecular complexity index is 561. The lowest BCUT2D eigenvalue weighted by molar-refractivity contribution is -0.138. The van der Waals surface area contributed by atoms with Gasteiger partial charge in [0.05, 0.1) is 6.61 Å². The highest BCUT2D eigenvalue weighted by Crippen LogP contribution is 2.22. The van der Waals surface area contributed by atoms with Gasteiger partial charge in [-0.1, -0.05) is 67.2 Å². The molecule has 21 heavy (non-hydrogen) atoms. The number of carbonyl (C=O) groups excluding carboxylic acids is 1. The van der Waals surface area contributed by atoms with Crippen molar-refractivity contribution in [2.45, 2.75) is 18.8 Å². The van der Waals surface area contributed by atoms with Crippen molar-refractivity contribution in [2.24, 2.45) is 0 Å². The lowest BCUT2D eigenvalue weighted by Crippen LogP contribution is -2.12. The summed E-state index contributed by atoms with van der Waals surface area (Å²) >= 11 is 0. The lowest BCUT2D eigenvalue weighted by Gasteiger charge is -2.17. The molecule has 0 amide bonds. The molecule has 0 N–H and O–H groups in total. The monoisotopic (exact) mass is 280 g/mol. The molecule has 1 atom stereocenters. The predicted molar refractivity (Wildman–Crippen MR) is 85.1 cm³/mol. The minimum atomic E-state index is -0.365. The number of esters is 1. The van der Waals surface area contributed by atoms with Crippen LogP contribution in [-0.2, 0) is 16.0 Å². The van der Waals surface area contributed by atoms with Crippen LogP contribution in [0.25, 0.3) is 0 Å². The standard InChI is InChI=1S/C19H20O2/c1-2-19(20)21-15-18(17-11-7-4-8-12-17)14-13-16-9-5-3-6-10-16/h2-12,18H,1,13-15H2. The number of benzene rings is 2. The largest absolute Gasteiger partial charge is 0.462 e. The molecule has 0 aliphatic carbocycles. The third kappa shape index (κ3) is 4.92. The topological polar surface area (TPSA) is 26.3 Å². The second kappa shape index (κ2) is 8.05. The maximum absolute atomic E-state index is 11.3. The summed E-state index contributed by atoms with van der Waals surface area (Å²) in [5, 5.41) is 0. The second-order valence-corrected chi connectivity index (χ2v) is 4.97. The van der Waals surface area contributed by atoms with Crippen molar-refractivity contribution >= 4 is 5.97 Å². The summed E-state index contributed by atoms with van der Waals surface area (Å²) in [6.07, 6.45) is 3.11. The molecule has 0 saturated carbocycles. The summed E-state index contributed by atoms with van der Waals surface area (Å²) in [7, 11) is 0. The molecule has 0 spiro atoms. The number of hydrogen-bond donors (Lipinski definition) is 0. The maximum Gasteiger partial charge on any atom is 0.330 e. The number of aryl methyl sites for hydroxylation is 1. The van der Waals surface area contributed by atoms with Crippen LogP contribution in [0.1, 0.15) is 23.5 Å². The highest BCUT2D eigenvalue weighted by atomic mass is 16.5. The Balaban J connectivity index is 2.01. The lowest BCUT2D eigenvalue weighted by atomic mass is 9.93. The van der Waals surface area contributed by atoms with Gasteiger partial charge in [0.2, 0.25) is 0 Å². The van der Waals surface area contributed by atoms with Crippen LogP contribution in [0.2, 0.25) is 0 Å². The Labute approximate surface area is 126 Å². The fourth-order valence-corrected chi connectivity index (χ4v) is 2.30. The molecule has 0 heterocycles. The maximum atomic E-state index is 11.3. The van der Waals surface area contributed by atoms with E-state index in [4.69, 9.17) is 4.74 Å². The first-order valence-corrected chi connectivity index (χ1v) is 7.17. The molecule has 108 valence electrons. The van der Waals surface area contributed by atoms with E-state index in [0.29, 0.717) is 6.61 Å². The van der Waals surface area contributed by atoms with Gasteiger partial charge in [0.25, 0.3) is 0 Å². The van der Waals surface area contributed by atoms with Gasteiger partial charge in [-0.3, -0.25) is 0 Å². The van der Waals surface area contributed by atoms with Gasteiger partial charge in [-0.15, -0.1) is 0 Å². The number of carbonyl (C=O) groups is 1. The molecule has 2 heteroatoms. The summed E-state index contributed by atoms with van der Waals surface area (Å²) in [6, 6.07) is 20.5. The van der Waals surface area contributed by atoms with Crippen molar-refractivity contribution in [3.63, 3.8) is 0 Å². The van der Waals surface area contributed by atoms with E-state index < -0.39 is 0 Å². The predicted octanol–water partition coefficient (Wildman–Crippen LogP) is 4.13. The van der Waals surface area contributed by atoms with Crippen molar-refractivity contribution in [1.29, 1.82) is 0 Å². The van der Waals surface area contributed by atoms with Crippen molar-refractivity contribution in [1.82, 2.24) is 0 Å². The van der Waals surface area contributed by atoms with Crippen molar-refractivity contribution in [3.8, 4) is 0 Å². The Hall–Kier alpha value is -2.35. The van der Waals surface area contributed by atoms with E-state index >= 15 is 0 Å². The first-order chi connectivity index (χ1) is 10.3. The molecule has 2 aromatic rings. The third-order valence-electron chi connectivity index (χ3n) is 3.49. The minimum Gasteiger partial charge on any atom is -0.462 e. The van der Waals surface area contributed by atoms with E-state index in [2.05, 4.69) is 30.8 Å². The Morgan fingerprint density at radius 3 is 2.29 bits per heavy atom. The van der Waals surface area contributed by atoms with Crippen LogP contribution >= 0.6 is 0 Å². The molecule has 0 aliphatic rings. The normalized spacial score (nSPS) is 11.6. The quantitative estimate of drug-likeness (QED) is 0.563. The van der Waals surface area contributed by atoms with Crippen LogP contribution in [-0.4, -0.2) is 12.6 Å². The summed E-state index contributed by atoms with van der Waals surface area (Å²) in [6.45, 7) is 3.82. The van der Waals surface area contributed by atoms with Crippen molar-refractivity contribution < 1.29 is 9.53 Å². The number of rotatable bonds is 7. The Morgan fingerprint density at radius 1 is 1.05 bits per heavy atom. The highest BCUT2D eigenvalue weighted by Gasteiger charge is 2.13. The van der Waals surface area contributed by atoms with E-state index in [1.165, 1.54) is 17.2 Å². The second-order valence-electron chi connectivity index (χ2n) is 4.97. The molecule has 1 unspecified atom stereocenters. The SMILES string of the molecule is C=CC(=O)OCC(CCc1ccccc1)c1ccccc1. The summed E-state index contributed by atoms with van der Waals surface area (Å²) in [4.78, 5) is 11.3. The van der Waals surface area contributed by atoms with E-state index in [1.807, 2.05) is 36.4 Å². The molecule has 0 saturated heterocycles. The first kappa shape index (κ1) is 15.0. The molecule has 0 aliphatic heterocycles. The van der Waals surface area contributed by atoms with E-state index in [-0.39, 0.29) is 11.9 Å².